The molecule has 0 fully saturated rings. The lowest BCUT2D eigenvalue weighted by atomic mass is 9.78. The van der Waals surface area contributed by atoms with Crippen LogP contribution in [0.5, 0.6) is 0 Å². The van der Waals surface area contributed by atoms with Gasteiger partial charge in [0.15, 0.2) is 0 Å². The second-order valence-electron chi connectivity index (χ2n) is 5.56. The summed E-state index contributed by atoms with van der Waals surface area (Å²) in [6.07, 6.45) is 0.650. The zero-order valence-electron chi connectivity index (χ0n) is 12.6. The first-order valence-electron chi connectivity index (χ1n) is 7.02. The maximum absolute atomic E-state index is 14.2. The van der Waals surface area contributed by atoms with Gasteiger partial charge >= 0.3 is 0 Å². The fourth-order valence-corrected chi connectivity index (χ4v) is 2.79. The van der Waals surface area contributed by atoms with E-state index in [2.05, 4.69) is 26.0 Å². The summed E-state index contributed by atoms with van der Waals surface area (Å²) in [5.74, 6) is -0.241. The molecule has 0 heterocycles. The molecule has 2 aromatic carbocycles. The summed E-state index contributed by atoms with van der Waals surface area (Å²) in [7, 11) is 0. The molecule has 2 heteroatoms. The van der Waals surface area contributed by atoms with E-state index in [1.807, 2.05) is 19.9 Å². The van der Waals surface area contributed by atoms with Crippen molar-refractivity contribution in [3.63, 3.8) is 0 Å². The molecule has 20 heavy (non-hydrogen) atoms. The van der Waals surface area contributed by atoms with Crippen LogP contribution < -0.4 is 5.73 Å². The summed E-state index contributed by atoms with van der Waals surface area (Å²) in [5, 5.41) is 0. The number of aryl methyl sites for hydroxylation is 3. The van der Waals surface area contributed by atoms with E-state index in [4.69, 9.17) is 5.73 Å². The number of rotatable bonds is 3. The van der Waals surface area contributed by atoms with Crippen LogP contribution in [-0.2, 0) is 5.54 Å². The summed E-state index contributed by atoms with van der Waals surface area (Å²) in [4.78, 5) is 0. The van der Waals surface area contributed by atoms with Gasteiger partial charge in [0.1, 0.15) is 5.82 Å². The molecule has 1 unspecified atom stereocenters. The average Bonchev–Trinajstić information content (AvgIpc) is 2.42. The average molecular weight is 271 g/mol. The molecule has 1 nitrogen and oxygen atoms in total. The zero-order valence-corrected chi connectivity index (χ0v) is 12.6. The van der Waals surface area contributed by atoms with Crippen LogP contribution in [-0.4, -0.2) is 0 Å². The Hall–Kier alpha value is -1.67. The van der Waals surface area contributed by atoms with Crippen LogP contribution in [0.1, 0.15) is 41.2 Å². The molecule has 2 N–H and O–H groups in total. The first kappa shape index (κ1) is 14.7. The Bertz CT molecular complexity index is 633. The van der Waals surface area contributed by atoms with Crippen LogP contribution >= 0.6 is 0 Å². The zero-order chi connectivity index (χ0) is 14.9. The Morgan fingerprint density at radius 2 is 1.55 bits per heavy atom. The molecule has 0 aliphatic heterocycles. The SMILES string of the molecule is CCC(N)(c1cc(C)c(C)cc1C)c1ccccc1F. The summed E-state index contributed by atoms with van der Waals surface area (Å²) in [5.41, 5.74) is 10.9. The number of hydrogen-bond acceptors (Lipinski definition) is 1. The maximum atomic E-state index is 14.2. The van der Waals surface area contributed by atoms with Crippen molar-refractivity contribution >= 4 is 0 Å². The van der Waals surface area contributed by atoms with Crippen molar-refractivity contribution in [1.29, 1.82) is 0 Å². The fraction of sp³-hybridized carbons (Fsp3) is 0.333. The molecule has 2 aromatic rings. The van der Waals surface area contributed by atoms with Gasteiger partial charge in [0, 0.05) is 5.56 Å². The van der Waals surface area contributed by atoms with E-state index in [-0.39, 0.29) is 5.82 Å². The van der Waals surface area contributed by atoms with Gasteiger partial charge in [-0.25, -0.2) is 4.39 Å². The van der Waals surface area contributed by atoms with E-state index >= 15 is 0 Å². The van der Waals surface area contributed by atoms with Gasteiger partial charge in [-0.15, -0.1) is 0 Å². The molecule has 0 amide bonds. The lowest BCUT2D eigenvalue weighted by Crippen LogP contribution is -2.39. The van der Waals surface area contributed by atoms with Gasteiger partial charge in [0.05, 0.1) is 5.54 Å². The topological polar surface area (TPSA) is 26.0 Å². The minimum atomic E-state index is -0.784. The lowest BCUT2D eigenvalue weighted by Gasteiger charge is -2.32. The molecule has 0 saturated carbocycles. The smallest absolute Gasteiger partial charge is 0.128 e. The highest BCUT2D eigenvalue weighted by Crippen LogP contribution is 2.35. The van der Waals surface area contributed by atoms with Crippen LogP contribution in [0.3, 0.4) is 0 Å². The van der Waals surface area contributed by atoms with Gasteiger partial charge < -0.3 is 5.73 Å². The first-order chi connectivity index (χ1) is 9.40. The summed E-state index contributed by atoms with van der Waals surface area (Å²) < 4.78 is 14.2. The molecule has 0 bridgehead atoms. The Morgan fingerprint density at radius 1 is 0.950 bits per heavy atom. The van der Waals surface area contributed by atoms with Crippen molar-refractivity contribution in [3.05, 3.63) is 70.0 Å². The van der Waals surface area contributed by atoms with Crippen LogP contribution in [0.2, 0.25) is 0 Å². The van der Waals surface area contributed by atoms with E-state index in [1.165, 1.54) is 17.2 Å². The van der Waals surface area contributed by atoms with Crippen molar-refractivity contribution in [2.45, 2.75) is 39.7 Å². The second kappa shape index (κ2) is 5.37. The van der Waals surface area contributed by atoms with Crippen molar-refractivity contribution in [3.8, 4) is 0 Å². The Morgan fingerprint density at radius 3 is 2.15 bits per heavy atom. The molecule has 0 aliphatic rings. The first-order valence-corrected chi connectivity index (χ1v) is 7.02. The molecule has 0 aliphatic carbocycles. The Balaban J connectivity index is 2.69. The molecule has 106 valence electrons. The molecule has 0 radical (unpaired) electrons. The summed E-state index contributed by atoms with van der Waals surface area (Å²) in [6, 6.07) is 11.0. The van der Waals surface area contributed by atoms with Gasteiger partial charge in [-0.1, -0.05) is 37.3 Å². The second-order valence-corrected chi connectivity index (χ2v) is 5.56. The minimum Gasteiger partial charge on any atom is -0.318 e. The predicted molar refractivity (Wildman–Crippen MR) is 82.3 cm³/mol. The molecule has 1 atom stereocenters. The molecule has 0 aromatic heterocycles. The van der Waals surface area contributed by atoms with E-state index in [9.17, 15) is 4.39 Å². The molecule has 2 rings (SSSR count). The Labute approximate surface area is 120 Å². The highest BCUT2D eigenvalue weighted by atomic mass is 19.1. The molecule has 0 saturated heterocycles. The highest BCUT2D eigenvalue weighted by Gasteiger charge is 2.31. The number of halogens is 1. The molecule has 0 spiro atoms. The predicted octanol–water partition coefficient (Wildman–Crippen LogP) is 4.36. The van der Waals surface area contributed by atoms with Gasteiger partial charge in [0.2, 0.25) is 0 Å². The monoisotopic (exact) mass is 271 g/mol. The highest BCUT2D eigenvalue weighted by molar-refractivity contribution is 5.46. The van der Waals surface area contributed by atoms with Crippen LogP contribution in [0.25, 0.3) is 0 Å². The van der Waals surface area contributed by atoms with Crippen molar-refractivity contribution < 1.29 is 4.39 Å². The van der Waals surface area contributed by atoms with Gasteiger partial charge in [0.25, 0.3) is 0 Å². The summed E-state index contributed by atoms with van der Waals surface area (Å²) in [6.45, 7) is 8.19. The van der Waals surface area contributed by atoms with Crippen LogP contribution in [0.15, 0.2) is 36.4 Å². The molecular formula is C18H22FN. The minimum absolute atomic E-state index is 0.241. The van der Waals surface area contributed by atoms with Gasteiger partial charge in [-0.05, 0) is 55.5 Å². The number of nitrogens with two attached hydrogens (primary N) is 1. The normalized spacial score (nSPS) is 14.1. The van der Waals surface area contributed by atoms with E-state index < -0.39 is 5.54 Å². The lowest BCUT2D eigenvalue weighted by molar-refractivity contribution is 0.477. The van der Waals surface area contributed by atoms with Crippen molar-refractivity contribution in [1.82, 2.24) is 0 Å². The number of hydrogen-bond donors (Lipinski definition) is 1. The largest absolute Gasteiger partial charge is 0.318 e. The number of benzene rings is 2. The van der Waals surface area contributed by atoms with Gasteiger partial charge in [-0.2, -0.15) is 0 Å². The quantitative estimate of drug-likeness (QED) is 0.881. The van der Waals surface area contributed by atoms with Crippen molar-refractivity contribution in [2.24, 2.45) is 5.73 Å². The third kappa shape index (κ3) is 2.36. The fourth-order valence-electron chi connectivity index (χ4n) is 2.79. The Kier molecular flexibility index (Phi) is 3.96. The van der Waals surface area contributed by atoms with Crippen LogP contribution in [0, 0.1) is 26.6 Å². The summed E-state index contributed by atoms with van der Waals surface area (Å²) >= 11 is 0. The van der Waals surface area contributed by atoms with E-state index in [1.54, 1.807) is 12.1 Å². The van der Waals surface area contributed by atoms with Crippen molar-refractivity contribution in [2.75, 3.05) is 0 Å². The standard InChI is InChI=1S/C18H22FN/c1-5-18(20,15-8-6-7-9-17(15)19)16-11-13(3)12(2)10-14(16)4/h6-11H,5,20H2,1-4H3. The molecular weight excluding hydrogens is 249 g/mol. The van der Waals surface area contributed by atoms with E-state index in [0.717, 1.165) is 11.1 Å². The third-order valence-corrected chi connectivity index (χ3v) is 4.23. The van der Waals surface area contributed by atoms with Crippen LogP contribution in [0.4, 0.5) is 4.39 Å². The van der Waals surface area contributed by atoms with Gasteiger partial charge in [-0.3, -0.25) is 0 Å². The third-order valence-electron chi connectivity index (χ3n) is 4.23. The maximum Gasteiger partial charge on any atom is 0.128 e. The van der Waals surface area contributed by atoms with E-state index in [0.29, 0.717) is 12.0 Å².